The molecule has 0 aromatic heterocycles. The summed E-state index contributed by atoms with van der Waals surface area (Å²) in [7, 11) is 0. The van der Waals surface area contributed by atoms with Crippen LogP contribution in [0.15, 0.2) is 48.5 Å². The summed E-state index contributed by atoms with van der Waals surface area (Å²) in [5.41, 5.74) is -1.84. The van der Waals surface area contributed by atoms with Crippen LogP contribution in [0, 0.1) is 11.8 Å². The fourth-order valence-electron chi connectivity index (χ4n) is 5.47. The Morgan fingerprint density at radius 2 is 1.82 bits per heavy atom. The van der Waals surface area contributed by atoms with E-state index in [2.05, 4.69) is 0 Å². The number of hydrogen-bond donors (Lipinski definition) is 0. The van der Waals surface area contributed by atoms with E-state index in [1.807, 2.05) is 0 Å². The first-order valence-electron chi connectivity index (χ1n) is 10.8. The molecule has 2 aromatic rings. The van der Waals surface area contributed by atoms with Crippen LogP contribution < -0.4 is 9.64 Å². The standard InChI is InChI=1S/C24H21F3N2O5/c1-3-33-20(30)18-16-12-34-17-7-5-4-6-15(17)19(16)29-22(32)28(21(31)23(18,29)2)14-10-8-13(9-11-14)24(25,26)27/h4-11,16,18-19H,3,12H2,1-2H3/t16-,18+,19-,23+/m1/s1. The summed E-state index contributed by atoms with van der Waals surface area (Å²) >= 11 is 0. The summed E-state index contributed by atoms with van der Waals surface area (Å²) in [5.74, 6) is -2.31. The molecule has 3 aliphatic rings. The Morgan fingerprint density at radius 3 is 2.47 bits per heavy atom. The largest absolute Gasteiger partial charge is 0.493 e. The zero-order chi connectivity index (χ0) is 24.4. The van der Waals surface area contributed by atoms with Gasteiger partial charge >= 0.3 is 18.2 Å². The normalized spacial score (nSPS) is 27.7. The third-order valence-corrected chi connectivity index (χ3v) is 6.91. The number of carbonyl (C=O) groups is 3. The Morgan fingerprint density at radius 1 is 1.15 bits per heavy atom. The number of ether oxygens (including phenoxy) is 2. The number of carbonyl (C=O) groups excluding carboxylic acids is 3. The maximum atomic E-state index is 13.8. The SMILES string of the molecule is CCOC(=O)[C@@H]1[C@H]2COc3ccccc3[C@H]2N2C(=O)N(c3ccc(C(F)(F)F)cc3)C(=O)[C@]12C. The van der Waals surface area contributed by atoms with Crippen molar-refractivity contribution in [3.05, 3.63) is 59.7 Å². The number of halogens is 3. The molecule has 2 fully saturated rings. The number of para-hydroxylation sites is 1. The van der Waals surface area contributed by atoms with Gasteiger partial charge in [-0.3, -0.25) is 9.59 Å². The lowest BCUT2D eigenvalue weighted by Crippen LogP contribution is -2.51. The van der Waals surface area contributed by atoms with Gasteiger partial charge in [0.1, 0.15) is 11.3 Å². The van der Waals surface area contributed by atoms with E-state index >= 15 is 0 Å². The average molecular weight is 474 g/mol. The van der Waals surface area contributed by atoms with Gasteiger partial charge in [-0.2, -0.15) is 13.2 Å². The van der Waals surface area contributed by atoms with Crippen LogP contribution in [-0.4, -0.2) is 41.6 Å². The molecule has 7 nitrogen and oxygen atoms in total. The molecule has 2 aromatic carbocycles. The lowest BCUT2D eigenvalue weighted by atomic mass is 9.77. The molecule has 0 aliphatic carbocycles. The first-order chi connectivity index (χ1) is 16.1. The number of alkyl halides is 3. The summed E-state index contributed by atoms with van der Waals surface area (Å²) in [6.45, 7) is 3.36. The van der Waals surface area contributed by atoms with Gasteiger partial charge in [-0.25, -0.2) is 9.69 Å². The van der Waals surface area contributed by atoms with Crippen LogP contribution >= 0.6 is 0 Å². The van der Waals surface area contributed by atoms with E-state index in [9.17, 15) is 27.6 Å². The van der Waals surface area contributed by atoms with Crippen LogP contribution in [0.5, 0.6) is 5.75 Å². The molecule has 2 saturated heterocycles. The van der Waals surface area contributed by atoms with Gasteiger partial charge in [0.25, 0.3) is 5.91 Å². The van der Waals surface area contributed by atoms with Gasteiger partial charge in [0.2, 0.25) is 0 Å². The molecular formula is C24H21F3N2O5. The first-order valence-corrected chi connectivity index (χ1v) is 10.8. The molecule has 10 heteroatoms. The predicted molar refractivity (Wildman–Crippen MR) is 113 cm³/mol. The molecule has 3 amide bonds. The first kappa shape index (κ1) is 22.2. The van der Waals surface area contributed by atoms with Crippen molar-refractivity contribution in [2.75, 3.05) is 18.1 Å². The topological polar surface area (TPSA) is 76.2 Å². The Bertz CT molecular complexity index is 1180. The number of amides is 3. The molecule has 34 heavy (non-hydrogen) atoms. The van der Waals surface area contributed by atoms with Gasteiger partial charge in [-0.05, 0) is 44.2 Å². The van der Waals surface area contributed by atoms with Gasteiger partial charge in [0.05, 0.1) is 36.4 Å². The Hall–Kier alpha value is -3.56. The number of fused-ring (bicyclic) bond motifs is 5. The lowest BCUT2D eigenvalue weighted by molar-refractivity contribution is -0.154. The summed E-state index contributed by atoms with van der Waals surface area (Å²) in [6.07, 6.45) is -4.56. The third kappa shape index (κ3) is 2.93. The van der Waals surface area contributed by atoms with Gasteiger partial charge in [0.15, 0.2) is 0 Å². The fourth-order valence-corrected chi connectivity index (χ4v) is 5.47. The minimum absolute atomic E-state index is 0.00173. The van der Waals surface area contributed by atoms with Crippen molar-refractivity contribution >= 4 is 23.6 Å². The van der Waals surface area contributed by atoms with E-state index < -0.39 is 53.1 Å². The zero-order valence-corrected chi connectivity index (χ0v) is 18.3. The highest BCUT2D eigenvalue weighted by molar-refractivity contribution is 6.24. The monoisotopic (exact) mass is 474 g/mol. The highest BCUT2D eigenvalue weighted by Crippen LogP contribution is 2.58. The van der Waals surface area contributed by atoms with Gasteiger partial charge in [0, 0.05) is 11.5 Å². The predicted octanol–water partition coefficient (Wildman–Crippen LogP) is 4.18. The number of benzene rings is 2. The third-order valence-electron chi connectivity index (χ3n) is 6.91. The smallest absolute Gasteiger partial charge is 0.416 e. The number of hydrogen-bond acceptors (Lipinski definition) is 5. The molecule has 0 bridgehead atoms. The second-order valence-electron chi connectivity index (χ2n) is 8.67. The van der Waals surface area contributed by atoms with E-state index in [-0.39, 0.29) is 18.9 Å². The van der Waals surface area contributed by atoms with E-state index in [0.29, 0.717) is 11.3 Å². The number of anilines is 1. The van der Waals surface area contributed by atoms with Crippen LogP contribution in [0.2, 0.25) is 0 Å². The maximum Gasteiger partial charge on any atom is 0.416 e. The molecule has 3 heterocycles. The number of urea groups is 1. The van der Waals surface area contributed by atoms with Gasteiger partial charge in [-0.15, -0.1) is 0 Å². The molecule has 3 aliphatic heterocycles. The molecule has 0 spiro atoms. The maximum absolute atomic E-state index is 13.8. The summed E-state index contributed by atoms with van der Waals surface area (Å²) in [4.78, 5) is 42.8. The molecular weight excluding hydrogens is 453 g/mol. The fraction of sp³-hybridized carbons (Fsp3) is 0.375. The number of nitrogens with zero attached hydrogens (tertiary/aromatic N) is 2. The summed E-state index contributed by atoms with van der Waals surface area (Å²) < 4.78 is 50.2. The summed E-state index contributed by atoms with van der Waals surface area (Å²) in [6, 6.07) is 9.53. The zero-order valence-electron chi connectivity index (χ0n) is 18.3. The second-order valence-corrected chi connectivity index (χ2v) is 8.67. The van der Waals surface area contributed by atoms with Crippen molar-refractivity contribution < 1.29 is 37.0 Å². The van der Waals surface area contributed by atoms with Gasteiger partial charge < -0.3 is 14.4 Å². The number of imide groups is 1. The lowest BCUT2D eigenvalue weighted by Gasteiger charge is -2.34. The molecule has 5 rings (SSSR count). The van der Waals surface area contributed by atoms with Crippen LogP contribution in [-0.2, 0) is 20.5 Å². The van der Waals surface area contributed by atoms with Crippen molar-refractivity contribution in [3.8, 4) is 5.75 Å². The average Bonchev–Trinajstić information content (AvgIpc) is 3.18. The van der Waals surface area contributed by atoms with Crippen molar-refractivity contribution in [1.82, 2.24) is 4.90 Å². The number of rotatable bonds is 3. The Labute approximate surface area is 193 Å². The number of esters is 1. The van der Waals surface area contributed by atoms with Crippen LogP contribution in [0.3, 0.4) is 0 Å². The van der Waals surface area contributed by atoms with Crippen LogP contribution in [0.1, 0.15) is 31.0 Å². The quantitative estimate of drug-likeness (QED) is 0.493. The molecule has 0 N–H and O–H groups in total. The van der Waals surface area contributed by atoms with E-state index in [1.165, 1.54) is 11.8 Å². The van der Waals surface area contributed by atoms with Crippen molar-refractivity contribution in [2.45, 2.75) is 31.6 Å². The van der Waals surface area contributed by atoms with E-state index in [0.717, 1.165) is 29.2 Å². The van der Waals surface area contributed by atoms with Crippen LogP contribution in [0.25, 0.3) is 0 Å². The van der Waals surface area contributed by atoms with Crippen molar-refractivity contribution in [3.63, 3.8) is 0 Å². The van der Waals surface area contributed by atoms with E-state index in [1.54, 1.807) is 31.2 Å². The molecule has 178 valence electrons. The summed E-state index contributed by atoms with van der Waals surface area (Å²) in [5, 5.41) is 0. The molecule has 0 radical (unpaired) electrons. The minimum atomic E-state index is -4.56. The highest BCUT2D eigenvalue weighted by atomic mass is 19.4. The van der Waals surface area contributed by atoms with E-state index in [4.69, 9.17) is 9.47 Å². The highest BCUT2D eigenvalue weighted by Gasteiger charge is 2.72. The molecule has 4 atom stereocenters. The Balaban J connectivity index is 1.63. The Kier molecular flexibility index (Phi) is 4.89. The van der Waals surface area contributed by atoms with Crippen LogP contribution in [0.4, 0.5) is 23.7 Å². The minimum Gasteiger partial charge on any atom is -0.493 e. The molecule has 0 saturated carbocycles. The van der Waals surface area contributed by atoms with Crippen molar-refractivity contribution in [1.29, 1.82) is 0 Å². The van der Waals surface area contributed by atoms with Crippen molar-refractivity contribution in [2.24, 2.45) is 11.8 Å². The molecule has 0 unspecified atom stereocenters. The second kappa shape index (κ2) is 7.48. The van der Waals surface area contributed by atoms with Gasteiger partial charge in [-0.1, -0.05) is 18.2 Å².